The third-order valence-corrected chi connectivity index (χ3v) is 2.82. The number of benzene rings is 1. The molecule has 2 amide bonds. The summed E-state index contributed by atoms with van der Waals surface area (Å²) in [5.41, 5.74) is 1.01. The number of amides is 2. The second kappa shape index (κ2) is 4.62. The van der Waals surface area contributed by atoms with E-state index in [4.69, 9.17) is 0 Å². The molecule has 1 aromatic carbocycles. The molecule has 90 valence electrons. The Morgan fingerprint density at radius 3 is 2.65 bits per heavy atom. The standard InChI is InChI=1S/C14H18N2O/c1-14(2)10-12(15-13(17)16-14)9-8-11-6-4-3-5-7-11/h3-9,12H,10H2,1-2H3,(H2,15,16,17). The Labute approximate surface area is 102 Å². The molecule has 2 N–H and O–H groups in total. The van der Waals surface area contributed by atoms with Crippen LogP contribution in [0, 0.1) is 0 Å². The highest BCUT2D eigenvalue weighted by molar-refractivity contribution is 5.76. The molecule has 17 heavy (non-hydrogen) atoms. The predicted molar refractivity (Wildman–Crippen MR) is 69.6 cm³/mol. The number of hydrogen-bond donors (Lipinski definition) is 2. The molecule has 0 saturated carbocycles. The Bertz CT molecular complexity index is 423. The summed E-state index contributed by atoms with van der Waals surface area (Å²) < 4.78 is 0. The van der Waals surface area contributed by atoms with Crippen LogP contribution in [0.2, 0.25) is 0 Å². The van der Waals surface area contributed by atoms with Gasteiger partial charge in [0.05, 0.1) is 6.04 Å². The van der Waals surface area contributed by atoms with Crippen molar-refractivity contribution >= 4 is 12.1 Å². The quantitative estimate of drug-likeness (QED) is 0.805. The molecule has 0 spiro atoms. The Kier molecular flexibility index (Phi) is 3.18. The Hall–Kier alpha value is -1.77. The van der Waals surface area contributed by atoms with E-state index in [1.54, 1.807) is 0 Å². The molecule has 0 radical (unpaired) electrons. The van der Waals surface area contributed by atoms with Crippen molar-refractivity contribution in [3.8, 4) is 0 Å². The Morgan fingerprint density at radius 2 is 2.00 bits per heavy atom. The molecule has 1 aliphatic heterocycles. The molecule has 3 nitrogen and oxygen atoms in total. The SMILES string of the molecule is CC1(C)CC(C=Cc2ccccc2)NC(=O)N1. The van der Waals surface area contributed by atoms with Gasteiger partial charge in [-0.2, -0.15) is 0 Å². The van der Waals surface area contributed by atoms with Gasteiger partial charge >= 0.3 is 6.03 Å². The lowest BCUT2D eigenvalue weighted by atomic mass is 9.93. The second-order valence-electron chi connectivity index (χ2n) is 5.06. The van der Waals surface area contributed by atoms with Gasteiger partial charge in [0.25, 0.3) is 0 Å². The van der Waals surface area contributed by atoms with Gasteiger partial charge in [-0.15, -0.1) is 0 Å². The smallest absolute Gasteiger partial charge is 0.315 e. The number of carbonyl (C=O) groups is 1. The minimum Gasteiger partial charge on any atom is -0.333 e. The molecule has 0 aliphatic carbocycles. The normalized spacial score (nSPS) is 23.2. The van der Waals surface area contributed by atoms with E-state index in [2.05, 4.69) is 16.7 Å². The molecule has 1 fully saturated rings. The third-order valence-electron chi connectivity index (χ3n) is 2.82. The van der Waals surface area contributed by atoms with Gasteiger partial charge in [0.15, 0.2) is 0 Å². The van der Waals surface area contributed by atoms with Crippen molar-refractivity contribution < 1.29 is 4.79 Å². The van der Waals surface area contributed by atoms with Crippen molar-refractivity contribution in [1.29, 1.82) is 0 Å². The molecule has 1 atom stereocenters. The van der Waals surface area contributed by atoms with E-state index >= 15 is 0 Å². The summed E-state index contributed by atoms with van der Waals surface area (Å²) in [4.78, 5) is 11.4. The van der Waals surface area contributed by atoms with Gasteiger partial charge in [-0.3, -0.25) is 0 Å². The first-order valence-electron chi connectivity index (χ1n) is 5.87. The first kappa shape index (κ1) is 11.7. The van der Waals surface area contributed by atoms with Gasteiger partial charge in [0, 0.05) is 5.54 Å². The van der Waals surface area contributed by atoms with Gasteiger partial charge in [0.1, 0.15) is 0 Å². The van der Waals surface area contributed by atoms with Crippen molar-refractivity contribution in [2.24, 2.45) is 0 Å². The molecule has 2 rings (SSSR count). The zero-order valence-corrected chi connectivity index (χ0v) is 10.2. The van der Waals surface area contributed by atoms with Crippen molar-refractivity contribution in [3.63, 3.8) is 0 Å². The number of urea groups is 1. The van der Waals surface area contributed by atoms with Crippen molar-refractivity contribution in [2.45, 2.75) is 31.8 Å². The molecule has 0 aromatic heterocycles. The molecular formula is C14H18N2O. The van der Waals surface area contributed by atoms with Crippen LogP contribution in [0.3, 0.4) is 0 Å². The largest absolute Gasteiger partial charge is 0.333 e. The van der Waals surface area contributed by atoms with E-state index in [1.807, 2.05) is 50.3 Å². The number of rotatable bonds is 2. The van der Waals surface area contributed by atoms with Crippen LogP contribution in [-0.4, -0.2) is 17.6 Å². The van der Waals surface area contributed by atoms with Gasteiger partial charge in [0.2, 0.25) is 0 Å². The predicted octanol–water partition coefficient (Wildman–Crippen LogP) is 2.55. The molecule has 0 bridgehead atoms. The van der Waals surface area contributed by atoms with E-state index in [0.717, 1.165) is 12.0 Å². The fourth-order valence-corrected chi connectivity index (χ4v) is 2.07. The summed E-state index contributed by atoms with van der Waals surface area (Å²) in [6.45, 7) is 4.07. The number of carbonyl (C=O) groups excluding carboxylic acids is 1. The fraction of sp³-hybridized carbons (Fsp3) is 0.357. The monoisotopic (exact) mass is 230 g/mol. The van der Waals surface area contributed by atoms with Crippen LogP contribution in [0.15, 0.2) is 36.4 Å². The molecule has 3 heteroatoms. The lowest BCUT2D eigenvalue weighted by Gasteiger charge is -2.35. The maximum absolute atomic E-state index is 11.4. The van der Waals surface area contributed by atoms with Crippen molar-refractivity contribution in [2.75, 3.05) is 0 Å². The van der Waals surface area contributed by atoms with E-state index in [0.29, 0.717) is 0 Å². The second-order valence-corrected chi connectivity index (χ2v) is 5.06. The summed E-state index contributed by atoms with van der Waals surface area (Å²) in [6.07, 6.45) is 4.99. The van der Waals surface area contributed by atoms with Crippen molar-refractivity contribution in [3.05, 3.63) is 42.0 Å². The zero-order chi connectivity index (χ0) is 12.3. The Morgan fingerprint density at radius 1 is 1.29 bits per heavy atom. The average molecular weight is 230 g/mol. The van der Waals surface area contributed by atoms with Crippen LogP contribution in [-0.2, 0) is 0 Å². The maximum atomic E-state index is 11.4. The Balaban J connectivity index is 2.04. The van der Waals surface area contributed by atoms with E-state index in [1.165, 1.54) is 0 Å². The van der Waals surface area contributed by atoms with Gasteiger partial charge in [-0.05, 0) is 25.8 Å². The summed E-state index contributed by atoms with van der Waals surface area (Å²) in [5.74, 6) is 0. The van der Waals surface area contributed by atoms with E-state index in [-0.39, 0.29) is 17.6 Å². The lowest BCUT2D eigenvalue weighted by Crippen LogP contribution is -2.58. The summed E-state index contributed by atoms with van der Waals surface area (Å²) in [6, 6.07) is 10.1. The molecule has 1 saturated heterocycles. The molecule has 1 aromatic rings. The average Bonchev–Trinajstić information content (AvgIpc) is 2.25. The first-order chi connectivity index (χ1) is 8.05. The molecular weight excluding hydrogens is 212 g/mol. The minimum absolute atomic E-state index is 0.0936. The maximum Gasteiger partial charge on any atom is 0.315 e. The molecule has 1 unspecified atom stereocenters. The fourth-order valence-electron chi connectivity index (χ4n) is 2.07. The number of nitrogens with one attached hydrogen (secondary N) is 2. The van der Waals surface area contributed by atoms with Crippen LogP contribution >= 0.6 is 0 Å². The zero-order valence-electron chi connectivity index (χ0n) is 10.2. The summed E-state index contributed by atoms with van der Waals surface area (Å²) in [7, 11) is 0. The molecule has 1 aliphatic rings. The van der Waals surface area contributed by atoms with Gasteiger partial charge < -0.3 is 10.6 Å². The summed E-state index contributed by atoms with van der Waals surface area (Å²) >= 11 is 0. The number of hydrogen-bond acceptors (Lipinski definition) is 1. The van der Waals surface area contributed by atoms with Crippen LogP contribution in [0.25, 0.3) is 6.08 Å². The first-order valence-corrected chi connectivity index (χ1v) is 5.87. The molecule has 1 heterocycles. The van der Waals surface area contributed by atoms with Crippen LogP contribution in [0.4, 0.5) is 4.79 Å². The highest BCUT2D eigenvalue weighted by Gasteiger charge is 2.29. The highest BCUT2D eigenvalue weighted by atomic mass is 16.2. The minimum atomic E-state index is -0.145. The third kappa shape index (κ3) is 3.34. The van der Waals surface area contributed by atoms with Gasteiger partial charge in [-0.25, -0.2) is 4.79 Å². The highest BCUT2D eigenvalue weighted by Crippen LogP contribution is 2.17. The van der Waals surface area contributed by atoms with Crippen LogP contribution in [0.5, 0.6) is 0 Å². The van der Waals surface area contributed by atoms with Crippen LogP contribution < -0.4 is 10.6 Å². The van der Waals surface area contributed by atoms with Crippen LogP contribution in [0.1, 0.15) is 25.8 Å². The summed E-state index contributed by atoms with van der Waals surface area (Å²) in [5, 5.41) is 5.81. The topological polar surface area (TPSA) is 41.1 Å². The van der Waals surface area contributed by atoms with Gasteiger partial charge in [-0.1, -0.05) is 42.5 Å². The van der Waals surface area contributed by atoms with Crippen molar-refractivity contribution in [1.82, 2.24) is 10.6 Å². The van der Waals surface area contributed by atoms with E-state index < -0.39 is 0 Å². The lowest BCUT2D eigenvalue weighted by molar-refractivity contribution is 0.208. The van der Waals surface area contributed by atoms with E-state index in [9.17, 15) is 4.79 Å².